The molecule has 0 bridgehead atoms. The Morgan fingerprint density at radius 1 is 1.41 bits per heavy atom. The molecule has 5 heteroatoms. The van der Waals surface area contributed by atoms with E-state index in [1.54, 1.807) is 18.2 Å². The van der Waals surface area contributed by atoms with Crippen molar-refractivity contribution in [3.8, 4) is 0 Å². The number of rotatable bonds is 2. The van der Waals surface area contributed by atoms with Crippen LogP contribution in [0.15, 0.2) is 28.1 Å². The van der Waals surface area contributed by atoms with E-state index in [1.807, 2.05) is 6.92 Å². The molecule has 0 aliphatic rings. The monoisotopic (exact) mass is 334 g/mol. The van der Waals surface area contributed by atoms with Gasteiger partial charge in [-0.2, -0.15) is 0 Å². The SMILES string of the molecule is Cc1ccc(F)c(C(O)c2cc(Cl)c(Br)s2)c1. The lowest BCUT2D eigenvalue weighted by Crippen LogP contribution is -2.00. The van der Waals surface area contributed by atoms with E-state index >= 15 is 0 Å². The maximum Gasteiger partial charge on any atom is 0.129 e. The van der Waals surface area contributed by atoms with Crippen molar-refractivity contribution in [2.24, 2.45) is 0 Å². The largest absolute Gasteiger partial charge is 0.383 e. The summed E-state index contributed by atoms with van der Waals surface area (Å²) in [5.41, 5.74) is 1.18. The van der Waals surface area contributed by atoms with Crippen LogP contribution >= 0.6 is 38.9 Å². The summed E-state index contributed by atoms with van der Waals surface area (Å²) in [5, 5.41) is 10.7. The molecule has 1 aromatic carbocycles. The van der Waals surface area contributed by atoms with Crippen molar-refractivity contribution in [2.75, 3.05) is 0 Å². The second kappa shape index (κ2) is 5.06. The molecule has 1 aromatic heterocycles. The first kappa shape index (κ1) is 13.0. The number of aliphatic hydroxyl groups excluding tert-OH is 1. The highest BCUT2D eigenvalue weighted by Crippen LogP contribution is 2.37. The van der Waals surface area contributed by atoms with Gasteiger partial charge in [0, 0.05) is 10.4 Å². The van der Waals surface area contributed by atoms with Gasteiger partial charge in [-0.05, 0) is 35.0 Å². The molecule has 0 aliphatic heterocycles. The van der Waals surface area contributed by atoms with E-state index in [4.69, 9.17) is 11.6 Å². The van der Waals surface area contributed by atoms with E-state index in [0.29, 0.717) is 9.90 Å². The van der Waals surface area contributed by atoms with Crippen LogP contribution in [0.2, 0.25) is 5.02 Å². The van der Waals surface area contributed by atoms with Gasteiger partial charge in [0.05, 0.1) is 8.81 Å². The van der Waals surface area contributed by atoms with Crippen LogP contribution in [0.5, 0.6) is 0 Å². The van der Waals surface area contributed by atoms with Crippen molar-refractivity contribution < 1.29 is 9.50 Å². The Morgan fingerprint density at radius 2 is 2.12 bits per heavy atom. The zero-order valence-electron chi connectivity index (χ0n) is 8.88. The van der Waals surface area contributed by atoms with Gasteiger partial charge in [-0.3, -0.25) is 0 Å². The average molecular weight is 336 g/mol. The first-order valence-electron chi connectivity index (χ1n) is 4.88. The second-order valence-electron chi connectivity index (χ2n) is 3.70. The van der Waals surface area contributed by atoms with E-state index in [0.717, 1.165) is 9.35 Å². The predicted octanol–water partition coefficient (Wildman–Crippen LogP) is 4.69. The predicted molar refractivity (Wildman–Crippen MR) is 72.2 cm³/mol. The number of aryl methyl sites for hydroxylation is 1. The topological polar surface area (TPSA) is 20.2 Å². The summed E-state index contributed by atoms with van der Waals surface area (Å²) >= 11 is 10.5. The number of thiophene rings is 1. The fourth-order valence-electron chi connectivity index (χ4n) is 1.52. The number of hydrogen-bond acceptors (Lipinski definition) is 2. The third-order valence-corrected chi connectivity index (χ3v) is 4.91. The molecule has 0 saturated heterocycles. The van der Waals surface area contributed by atoms with Gasteiger partial charge >= 0.3 is 0 Å². The molecule has 1 unspecified atom stereocenters. The van der Waals surface area contributed by atoms with Crippen molar-refractivity contribution in [3.05, 3.63) is 54.9 Å². The van der Waals surface area contributed by atoms with E-state index in [1.165, 1.54) is 17.4 Å². The number of aliphatic hydroxyl groups is 1. The maximum atomic E-state index is 13.6. The molecule has 90 valence electrons. The molecule has 0 aliphatic carbocycles. The van der Waals surface area contributed by atoms with E-state index in [2.05, 4.69) is 15.9 Å². The van der Waals surface area contributed by atoms with Gasteiger partial charge in [0.25, 0.3) is 0 Å². The van der Waals surface area contributed by atoms with Gasteiger partial charge in [0.1, 0.15) is 11.9 Å². The Kier molecular flexibility index (Phi) is 3.88. The summed E-state index contributed by atoms with van der Waals surface area (Å²) in [4.78, 5) is 0.617. The first-order valence-corrected chi connectivity index (χ1v) is 6.86. The lowest BCUT2D eigenvalue weighted by atomic mass is 10.0. The van der Waals surface area contributed by atoms with E-state index in [9.17, 15) is 9.50 Å². The van der Waals surface area contributed by atoms with Crippen LogP contribution in [0, 0.1) is 12.7 Å². The van der Waals surface area contributed by atoms with Crippen LogP contribution < -0.4 is 0 Å². The summed E-state index contributed by atoms with van der Waals surface area (Å²) in [5.74, 6) is -0.413. The average Bonchev–Trinajstić information content (AvgIpc) is 2.62. The van der Waals surface area contributed by atoms with Gasteiger partial charge < -0.3 is 5.11 Å². The Balaban J connectivity index is 2.42. The number of benzene rings is 1. The van der Waals surface area contributed by atoms with Gasteiger partial charge in [-0.1, -0.05) is 29.3 Å². The molecule has 0 radical (unpaired) electrons. The van der Waals surface area contributed by atoms with Crippen molar-refractivity contribution in [1.82, 2.24) is 0 Å². The quantitative estimate of drug-likeness (QED) is 0.844. The van der Waals surface area contributed by atoms with Gasteiger partial charge in [0.15, 0.2) is 0 Å². The Bertz CT molecular complexity index is 536. The summed E-state index contributed by atoms with van der Waals surface area (Å²) < 4.78 is 14.4. The molecule has 1 nitrogen and oxygen atoms in total. The van der Waals surface area contributed by atoms with Gasteiger partial charge in [-0.25, -0.2) is 4.39 Å². The Labute approximate surface area is 116 Å². The minimum atomic E-state index is -0.983. The van der Waals surface area contributed by atoms with Crippen molar-refractivity contribution in [3.63, 3.8) is 0 Å². The van der Waals surface area contributed by atoms with Crippen molar-refractivity contribution in [2.45, 2.75) is 13.0 Å². The zero-order valence-corrected chi connectivity index (χ0v) is 12.0. The molecule has 0 spiro atoms. The lowest BCUT2D eigenvalue weighted by molar-refractivity contribution is 0.218. The lowest BCUT2D eigenvalue weighted by Gasteiger charge is -2.10. The molecule has 1 heterocycles. The van der Waals surface area contributed by atoms with Gasteiger partial charge in [-0.15, -0.1) is 11.3 Å². The first-order chi connectivity index (χ1) is 7.99. The van der Waals surface area contributed by atoms with Crippen LogP contribution in [0.25, 0.3) is 0 Å². The van der Waals surface area contributed by atoms with E-state index < -0.39 is 11.9 Å². The fraction of sp³-hybridized carbons (Fsp3) is 0.167. The summed E-state index contributed by atoms with van der Waals surface area (Å²) in [6.07, 6.45) is -0.983. The number of halogens is 3. The van der Waals surface area contributed by atoms with Crippen LogP contribution in [0.4, 0.5) is 4.39 Å². The highest BCUT2D eigenvalue weighted by molar-refractivity contribution is 9.11. The molecule has 0 amide bonds. The normalized spacial score (nSPS) is 12.8. The van der Waals surface area contributed by atoms with Crippen LogP contribution in [-0.4, -0.2) is 5.11 Å². The molecular weight excluding hydrogens is 327 g/mol. The fourth-order valence-corrected chi connectivity index (χ4v) is 3.28. The maximum absolute atomic E-state index is 13.6. The van der Waals surface area contributed by atoms with Crippen LogP contribution in [0.1, 0.15) is 22.1 Å². The van der Waals surface area contributed by atoms with E-state index in [-0.39, 0.29) is 5.56 Å². The van der Waals surface area contributed by atoms with Gasteiger partial charge in [0.2, 0.25) is 0 Å². The Hall–Kier alpha value is -0.420. The van der Waals surface area contributed by atoms with Crippen molar-refractivity contribution in [1.29, 1.82) is 0 Å². The number of hydrogen-bond donors (Lipinski definition) is 1. The molecule has 1 N–H and O–H groups in total. The summed E-state index contributed by atoms with van der Waals surface area (Å²) in [6.45, 7) is 1.85. The second-order valence-corrected chi connectivity index (χ2v) is 6.51. The summed E-state index contributed by atoms with van der Waals surface area (Å²) in [6, 6.07) is 6.31. The summed E-state index contributed by atoms with van der Waals surface area (Å²) in [7, 11) is 0. The highest BCUT2D eigenvalue weighted by atomic mass is 79.9. The zero-order chi connectivity index (χ0) is 12.6. The molecule has 2 aromatic rings. The highest BCUT2D eigenvalue weighted by Gasteiger charge is 2.18. The molecule has 2 rings (SSSR count). The van der Waals surface area contributed by atoms with Crippen LogP contribution in [0.3, 0.4) is 0 Å². The minimum absolute atomic E-state index is 0.274. The van der Waals surface area contributed by atoms with Crippen LogP contribution in [-0.2, 0) is 0 Å². The smallest absolute Gasteiger partial charge is 0.129 e. The Morgan fingerprint density at radius 3 is 2.71 bits per heavy atom. The molecule has 17 heavy (non-hydrogen) atoms. The molecular formula is C12H9BrClFOS. The van der Waals surface area contributed by atoms with Crippen molar-refractivity contribution >= 4 is 38.9 Å². The standard InChI is InChI=1S/C12H9BrClFOS/c1-6-2-3-9(15)7(4-6)11(16)10-5-8(14)12(13)17-10/h2-5,11,16H,1H3. The molecule has 1 atom stereocenters. The third kappa shape index (κ3) is 2.71. The third-order valence-electron chi connectivity index (χ3n) is 2.38. The molecule has 0 saturated carbocycles. The minimum Gasteiger partial charge on any atom is -0.383 e. The molecule has 0 fully saturated rings.